The van der Waals surface area contributed by atoms with E-state index in [1.807, 2.05) is 53.4 Å². The summed E-state index contributed by atoms with van der Waals surface area (Å²) in [6.45, 7) is 0.914. The monoisotopic (exact) mass is 690 g/mol. The lowest BCUT2D eigenvalue weighted by atomic mass is 9.94. The third-order valence-corrected chi connectivity index (χ3v) is 9.43. The van der Waals surface area contributed by atoms with E-state index in [-0.39, 0.29) is 0 Å². The summed E-state index contributed by atoms with van der Waals surface area (Å²) in [6, 6.07) is 12.5. The first kappa shape index (κ1) is 33.6. The molecule has 3 aromatic carbocycles. The molecule has 0 amide bonds. The van der Waals surface area contributed by atoms with Crippen LogP contribution >= 0.6 is 0 Å². The molecule has 0 saturated heterocycles. The van der Waals surface area contributed by atoms with Gasteiger partial charge in [-0.2, -0.15) is 0 Å². The molecule has 0 N–H and O–H groups in total. The SMILES string of the molecule is COc1cc2c(cc1OCc1nccn1C)Cc1cc(OC)c(OCc3nccn3C)cc1Cc1cc(OC)c(OCc3nccn3C)cc1C2. The van der Waals surface area contributed by atoms with Gasteiger partial charge >= 0.3 is 0 Å². The molecule has 51 heavy (non-hydrogen) atoms. The number of nitrogens with zero attached hydrogens (tertiary/aromatic N) is 6. The lowest BCUT2D eigenvalue weighted by Gasteiger charge is -2.18. The number of rotatable bonds is 12. The highest BCUT2D eigenvalue weighted by Gasteiger charge is 2.23. The molecule has 0 radical (unpaired) electrons. The average molecular weight is 691 g/mol. The van der Waals surface area contributed by atoms with Crippen molar-refractivity contribution in [2.45, 2.75) is 39.1 Å². The van der Waals surface area contributed by atoms with Crippen molar-refractivity contribution in [3.8, 4) is 34.5 Å². The second-order valence-electron chi connectivity index (χ2n) is 12.6. The first-order valence-corrected chi connectivity index (χ1v) is 16.7. The van der Waals surface area contributed by atoms with E-state index in [2.05, 4.69) is 51.4 Å². The molecule has 0 fully saturated rings. The van der Waals surface area contributed by atoms with Gasteiger partial charge in [0, 0.05) is 58.3 Å². The average Bonchev–Trinajstić information content (AvgIpc) is 3.88. The molecule has 0 saturated carbocycles. The maximum atomic E-state index is 6.34. The Kier molecular flexibility index (Phi) is 9.56. The number of hydrogen-bond donors (Lipinski definition) is 0. The van der Waals surface area contributed by atoms with Gasteiger partial charge in [0.15, 0.2) is 34.5 Å². The van der Waals surface area contributed by atoms with Crippen LogP contribution in [-0.4, -0.2) is 50.0 Å². The van der Waals surface area contributed by atoms with E-state index in [0.717, 1.165) is 50.9 Å². The lowest BCUT2D eigenvalue weighted by molar-refractivity contribution is 0.272. The van der Waals surface area contributed by atoms with Crippen molar-refractivity contribution in [2.24, 2.45) is 21.1 Å². The summed E-state index contributed by atoms with van der Waals surface area (Å²) in [6.07, 6.45) is 12.9. The van der Waals surface area contributed by atoms with Crippen LogP contribution < -0.4 is 28.4 Å². The molecule has 0 atom stereocenters. The van der Waals surface area contributed by atoms with Crippen LogP contribution in [0.5, 0.6) is 34.5 Å². The zero-order valence-corrected chi connectivity index (χ0v) is 29.8. The Morgan fingerprint density at radius 2 is 0.686 bits per heavy atom. The smallest absolute Gasteiger partial charge is 0.162 e. The number of aryl methyl sites for hydroxylation is 3. The molecule has 0 spiro atoms. The highest BCUT2D eigenvalue weighted by Crippen LogP contribution is 2.41. The maximum Gasteiger partial charge on any atom is 0.162 e. The fraction of sp³-hybridized carbons (Fsp3) is 0.308. The van der Waals surface area contributed by atoms with E-state index >= 15 is 0 Å². The van der Waals surface area contributed by atoms with Gasteiger partial charge < -0.3 is 42.1 Å². The van der Waals surface area contributed by atoms with E-state index in [1.54, 1.807) is 39.9 Å². The van der Waals surface area contributed by atoms with Gasteiger partial charge in [0.1, 0.15) is 37.3 Å². The van der Waals surface area contributed by atoms with Crippen LogP contribution in [0.2, 0.25) is 0 Å². The van der Waals surface area contributed by atoms with Crippen LogP contribution in [0.1, 0.15) is 50.9 Å². The molecule has 12 heteroatoms. The minimum atomic E-state index is 0.305. The second kappa shape index (κ2) is 14.5. The number of hydrogen-bond acceptors (Lipinski definition) is 9. The molecule has 3 aromatic heterocycles. The minimum Gasteiger partial charge on any atom is -0.493 e. The Labute approximate surface area is 297 Å². The van der Waals surface area contributed by atoms with Gasteiger partial charge in [0.25, 0.3) is 0 Å². The summed E-state index contributed by atoms with van der Waals surface area (Å²) in [5, 5.41) is 0. The third kappa shape index (κ3) is 7.07. The van der Waals surface area contributed by atoms with E-state index in [0.29, 0.717) is 73.6 Å². The van der Waals surface area contributed by atoms with Gasteiger partial charge in [0.2, 0.25) is 0 Å². The summed E-state index contributed by atoms with van der Waals surface area (Å²) in [5.41, 5.74) is 6.65. The molecule has 1 aliphatic carbocycles. The number of methoxy groups -OCH3 is 3. The summed E-state index contributed by atoms with van der Waals surface area (Å²) in [4.78, 5) is 13.3. The second-order valence-corrected chi connectivity index (χ2v) is 12.6. The van der Waals surface area contributed by atoms with Crippen LogP contribution in [0.25, 0.3) is 0 Å². The van der Waals surface area contributed by atoms with Gasteiger partial charge in [-0.3, -0.25) is 0 Å². The summed E-state index contributed by atoms with van der Waals surface area (Å²) >= 11 is 0. The Morgan fingerprint density at radius 1 is 0.431 bits per heavy atom. The Bertz CT molecular complexity index is 1920. The van der Waals surface area contributed by atoms with Crippen LogP contribution in [0.4, 0.5) is 0 Å². The fourth-order valence-electron chi connectivity index (χ4n) is 6.39. The van der Waals surface area contributed by atoms with Crippen molar-refractivity contribution < 1.29 is 28.4 Å². The number of aromatic nitrogens is 6. The predicted molar refractivity (Wildman–Crippen MR) is 190 cm³/mol. The highest BCUT2D eigenvalue weighted by molar-refractivity contribution is 5.58. The van der Waals surface area contributed by atoms with Crippen LogP contribution in [0.15, 0.2) is 73.6 Å². The van der Waals surface area contributed by atoms with Crippen LogP contribution in [-0.2, 0) is 60.2 Å². The lowest BCUT2D eigenvalue weighted by Crippen LogP contribution is -2.07. The standard InChI is InChI=1S/C39H42N6O6/c1-43-10-7-40-37(43)22-49-34-19-28-13-26-17-32(47-5)36(51-24-39-42-9-12-45(39)3)21-30(26)15-27-18-33(48-6)35(50-23-38-41-8-11-44(38)2)20-29(27)14-25(28)16-31(34)46-4/h7-12,16-21H,13-15,22-24H2,1-6H3. The summed E-state index contributed by atoms with van der Waals surface area (Å²) < 4.78 is 42.5. The molecule has 6 aromatic rings. The maximum absolute atomic E-state index is 6.34. The Balaban J connectivity index is 1.32. The normalized spacial score (nSPS) is 12.1. The zero-order valence-electron chi connectivity index (χ0n) is 29.8. The topological polar surface area (TPSA) is 109 Å². The van der Waals surface area contributed by atoms with E-state index in [4.69, 9.17) is 28.4 Å². The van der Waals surface area contributed by atoms with Crippen molar-refractivity contribution in [1.29, 1.82) is 0 Å². The van der Waals surface area contributed by atoms with E-state index in [9.17, 15) is 0 Å². The van der Waals surface area contributed by atoms with E-state index < -0.39 is 0 Å². The van der Waals surface area contributed by atoms with E-state index in [1.165, 1.54) is 0 Å². The van der Waals surface area contributed by atoms with Crippen molar-refractivity contribution in [3.05, 3.63) is 124 Å². The largest absolute Gasteiger partial charge is 0.493 e. The quantitative estimate of drug-likeness (QED) is 0.159. The summed E-state index contributed by atoms with van der Waals surface area (Å²) in [7, 11) is 10.9. The third-order valence-electron chi connectivity index (χ3n) is 9.43. The molecule has 0 unspecified atom stereocenters. The Hall–Kier alpha value is -5.91. The highest BCUT2D eigenvalue weighted by atomic mass is 16.5. The molecule has 1 aliphatic rings. The minimum absolute atomic E-state index is 0.305. The number of fused-ring (bicyclic) bond motifs is 3. The molecule has 3 heterocycles. The van der Waals surface area contributed by atoms with Crippen molar-refractivity contribution in [1.82, 2.24) is 28.7 Å². The van der Waals surface area contributed by atoms with Crippen LogP contribution in [0, 0.1) is 0 Å². The number of ether oxygens (including phenoxy) is 6. The van der Waals surface area contributed by atoms with Gasteiger partial charge in [-0.05, 0) is 89.0 Å². The molecular weight excluding hydrogens is 648 g/mol. The molecule has 0 bridgehead atoms. The van der Waals surface area contributed by atoms with Gasteiger partial charge in [-0.1, -0.05) is 0 Å². The molecule has 0 aliphatic heterocycles. The molecule has 264 valence electrons. The van der Waals surface area contributed by atoms with Crippen molar-refractivity contribution in [2.75, 3.05) is 21.3 Å². The van der Waals surface area contributed by atoms with Crippen molar-refractivity contribution in [3.63, 3.8) is 0 Å². The first-order valence-electron chi connectivity index (χ1n) is 16.7. The molecular formula is C39H42N6O6. The summed E-state index contributed by atoms with van der Waals surface area (Å²) in [5.74, 6) is 6.35. The number of imidazole rings is 3. The zero-order chi connectivity index (χ0) is 35.5. The van der Waals surface area contributed by atoms with Crippen LogP contribution in [0.3, 0.4) is 0 Å². The predicted octanol–water partition coefficient (Wildman–Crippen LogP) is 5.74. The fourth-order valence-corrected chi connectivity index (χ4v) is 6.39. The van der Waals surface area contributed by atoms with Gasteiger partial charge in [-0.15, -0.1) is 0 Å². The van der Waals surface area contributed by atoms with Crippen molar-refractivity contribution >= 4 is 0 Å². The number of benzene rings is 3. The van der Waals surface area contributed by atoms with Gasteiger partial charge in [0.05, 0.1) is 21.3 Å². The Morgan fingerprint density at radius 3 is 0.902 bits per heavy atom. The molecule has 7 rings (SSSR count). The molecule has 12 nitrogen and oxygen atoms in total. The first-order chi connectivity index (χ1) is 24.8. The van der Waals surface area contributed by atoms with Gasteiger partial charge in [-0.25, -0.2) is 15.0 Å².